The van der Waals surface area contributed by atoms with E-state index in [9.17, 15) is 19.6 Å². The fraction of sp³-hybridized carbons (Fsp3) is 0.292. The van der Waals surface area contributed by atoms with Crippen molar-refractivity contribution < 1.29 is 28.6 Å². The molecule has 2 N–H and O–H groups in total. The lowest BCUT2D eigenvalue weighted by Gasteiger charge is -2.29. The standard InChI is InChI=1S/C24H22N4O6/c1-14(29)19-10-15(12-25)11-20-22(19)34-23(27-20)16-2-4-17(5-3-16)26-21(30)13-33-18-6-8-28(9-7-18)24(31)32/h2-5,10-11,18H,6-9,13H2,1H3,(H,26,30)(H,31,32). The van der Waals surface area contributed by atoms with Crippen molar-refractivity contribution in [1.29, 1.82) is 5.26 Å². The van der Waals surface area contributed by atoms with Crippen molar-refractivity contribution in [1.82, 2.24) is 9.88 Å². The van der Waals surface area contributed by atoms with Gasteiger partial charge in [0.25, 0.3) is 0 Å². The highest BCUT2D eigenvalue weighted by Gasteiger charge is 2.23. The Hall–Kier alpha value is -4.23. The first-order chi connectivity index (χ1) is 16.3. The number of ether oxygens (including phenoxy) is 1. The molecule has 1 saturated heterocycles. The lowest BCUT2D eigenvalue weighted by molar-refractivity contribution is -0.123. The van der Waals surface area contributed by atoms with E-state index in [1.54, 1.807) is 30.3 Å². The van der Waals surface area contributed by atoms with Crippen LogP contribution in [0.4, 0.5) is 10.5 Å². The summed E-state index contributed by atoms with van der Waals surface area (Å²) in [5.41, 5.74) is 2.57. The molecule has 10 heteroatoms. The van der Waals surface area contributed by atoms with Crippen molar-refractivity contribution in [2.75, 3.05) is 25.0 Å². The molecule has 174 valence electrons. The summed E-state index contributed by atoms with van der Waals surface area (Å²) in [7, 11) is 0. The number of nitriles is 1. The molecule has 0 spiro atoms. The summed E-state index contributed by atoms with van der Waals surface area (Å²) >= 11 is 0. The van der Waals surface area contributed by atoms with Crippen LogP contribution in [0, 0.1) is 11.3 Å². The van der Waals surface area contributed by atoms with E-state index in [2.05, 4.69) is 10.3 Å². The summed E-state index contributed by atoms with van der Waals surface area (Å²) < 4.78 is 11.4. The van der Waals surface area contributed by atoms with Crippen molar-refractivity contribution in [3.05, 3.63) is 47.5 Å². The van der Waals surface area contributed by atoms with Gasteiger partial charge in [-0.05, 0) is 56.2 Å². The number of fused-ring (bicyclic) bond motifs is 1. The zero-order chi connectivity index (χ0) is 24.2. The number of nitrogens with one attached hydrogen (secondary N) is 1. The van der Waals surface area contributed by atoms with E-state index < -0.39 is 6.09 Å². The first-order valence-corrected chi connectivity index (χ1v) is 10.7. The number of hydrogen-bond acceptors (Lipinski definition) is 7. The van der Waals surface area contributed by atoms with Crippen LogP contribution < -0.4 is 5.32 Å². The van der Waals surface area contributed by atoms with Crippen LogP contribution in [0.3, 0.4) is 0 Å². The van der Waals surface area contributed by atoms with Crippen LogP contribution in [0.2, 0.25) is 0 Å². The number of carbonyl (C=O) groups excluding carboxylic acids is 2. The second-order valence-electron chi connectivity index (χ2n) is 7.96. The molecule has 2 amide bonds. The highest BCUT2D eigenvalue weighted by Crippen LogP contribution is 2.29. The van der Waals surface area contributed by atoms with Crippen molar-refractivity contribution in [3.8, 4) is 17.5 Å². The number of carboxylic acid groups (broad SMARTS) is 1. The Labute approximate surface area is 194 Å². The topological polar surface area (TPSA) is 146 Å². The van der Waals surface area contributed by atoms with Gasteiger partial charge in [0.05, 0.1) is 23.3 Å². The number of benzene rings is 2. The summed E-state index contributed by atoms with van der Waals surface area (Å²) in [4.78, 5) is 40.9. The van der Waals surface area contributed by atoms with Gasteiger partial charge in [-0.25, -0.2) is 9.78 Å². The molecule has 1 aromatic heterocycles. The molecule has 0 unspecified atom stereocenters. The number of rotatable bonds is 6. The molecular weight excluding hydrogens is 440 g/mol. The molecule has 1 fully saturated rings. The zero-order valence-corrected chi connectivity index (χ0v) is 18.4. The summed E-state index contributed by atoms with van der Waals surface area (Å²) in [5.74, 6) is -0.246. The first kappa shape index (κ1) is 22.9. The average molecular weight is 462 g/mol. The maximum atomic E-state index is 12.2. The van der Waals surface area contributed by atoms with E-state index >= 15 is 0 Å². The van der Waals surface area contributed by atoms with E-state index in [4.69, 9.17) is 14.3 Å². The highest BCUT2D eigenvalue weighted by molar-refractivity contribution is 6.05. The molecule has 2 aromatic carbocycles. The number of carbonyl (C=O) groups is 3. The Bertz CT molecular complexity index is 1280. The molecule has 3 aromatic rings. The number of likely N-dealkylation sites (tertiary alicyclic amines) is 1. The molecule has 0 aliphatic carbocycles. The molecular formula is C24H22N4O6. The molecule has 0 bridgehead atoms. The van der Waals surface area contributed by atoms with Crippen molar-refractivity contribution >= 4 is 34.6 Å². The van der Waals surface area contributed by atoms with Crippen LogP contribution in [-0.2, 0) is 9.53 Å². The molecule has 1 aliphatic heterocycles. The monoisotopic (exact) mass is 462 g/mol. The quantitative estimate of drug-likeness (QED) is 0.528. The third kappa shape index (κ3) is 5.05. The molecule has 0 atom stereocenters. The Balaban J connectivity index is 1.38. The number of hydrogen-bond donors (Lipinski definition) is 2. The Kier molecular flexibility index (Phi) is 6.56. The predicted molar refractivity (Wildman–Crippen MR) is 121 cm³/mol. The highest BCUT2D eigenvalue weighted by atomic mass is 16.5. The fourth-order valence-electron chi connectivity index (χ4n) is 3.78. The number of ketones is 1. The van der Waals surface area contributed by atoms with Crippen molar-refractivity contribution in [3.63, 3.8) is 0 Å². The van der Waals surface area contributed by atoms with E-state index in [1.165, 1.54) is 17.9 Å². The molecule has 1 aliphatic rings. The molecule has 10 nitrogen and oxygen atoms in total. The van der Waals surface area contributed by atoms with Gasteiger partial charge in [0.2, 0.25) is 11.8 Å². The van der Waals surface area contributed by atoms with Crippen molar-refractivity contribution in [2.24, 2.45) is 0 Å². The smallest absolute Gasteiger partial charge is 0.407 e. The molecule has 34 heavy (non-hydrogen) atoms. The van der Waals surface area contributed by atoms with E-state index in [-0.39, 0.29) is 24.4 Å². The summed E-state index contributed by atoms with van der Waals surface area (Å²) in [6.45, 7) is 2.06. The molecule has 2 heterocycles. The number of Topliss-reactive ketones (excluding diaryl/α,β-unsaturated/α-hetero) is 1. The van der Waals surface area contributed by atoms with Gasteiger partial charge < -0.3 is 24.5 Å². The Morgan fingerprint density at radius 2 is 1.94 bits per heavy atom. The van der Waals surface area contributed by atoms with Gasteiger partial charge in [0.15, 0.2) is 11.4 Å². The van der Waals surface area contributed by atoms with E-state index in [0.717, 1.165) is 0 Å². The molecule has 0 radical (unpaired) electrons. The number of piperidine rings is 1. The number of nitrogens with zero attached hydrogens (tertiary/aromatic N) is 3. The third-order valence-corrected chi connectivity index (χ3v) is 5.58. The number of anilines is 1. The predicted octanol–water partition coefficient (Wildman–Crippen LogP) is 3.67. The van der Waals surface area contributed by atoms with Crippen LogP contribution in [0.1, 0.15) is 35.7 Å². The van der Waals surface area contributed by atoms with Gasteiger partial charge in [0, 0.05) is 24.3 Å². The summed E-state index contributed by atoms with van der Waals surface area (Å²) in [5, 5.41) is 20.9. The SMILES string of the molecule is CC(=O)c1cc(C#N)cc2nc(-c3ccc(NC(=O)COC4CCN(C(=O)O)CC4)cc3)oc12. The summed E-state index contributed by atoms with van der Waals surface area (Å²) in [6, 6.07) is 11.9. The molecule has 4 rings (SSSR count). The fourth-order valence-corrected chi connectivity index (χ4v) is 3.78. The van der Waals surface area contributed by atoms with Crippen LogP contribution in [0.15, 0.2) is 40.8 Å². The average Bonchev–Trinajstić information content (AvgIpc) is 3.26. The third-order valence-electron chi connectivity index (χ3n) is 5.58. The minimum absolute atomic E-state index is 0.125. The maximum Gasteiger partial charge on any atom is 0.407 e. The lowest BCUT2D eigenvalue weighted by atomic mass is 10.1. The lowest BCUT2D eigenvalue weighted by Crippen LogP contribution is -2.40. The normalized spacial score (nSPS) is 14.1. The number of amides is 2. The van der Waals surface area contributed by atoms with Gasteiger partial charge in [-0.1, -0.05) is 0 Å². The second-order valence-corrected chi connectivity index (χ2v) is 7.96. The van der Waals surface area contributed by atoms with Gasteiger partial charge in [-0.15, -0.1) is 0 Å². The van der Waals surface area contributed by atoms with Crippen LogP contribution in [0.5, 0.6) is 0 Å². The minimum atomic E-state index is -0.941. The van der Waals surface area contributed by atoms with Gasteiger partial charge >= 0.3 is 6.09 Å². The minimum Gasteiger partial charge on any atom is -0.465 e. The van der Waals surface area contributed by atoms with Crippen LogP contribution >= 0.6 is 0 Å². The first-order valence-electron chi connectivity index (χ1n) is 10.7. The van der Waals surface area contributed by atoms with Crippen LogP contribution in [-0.4, -0.2) is 58.6 Å². The Morgan fingerprint density at radius 1 is 1.24 bits per heavy atom. The van der Waals surface area contributed by atoms with E-state index in [0.29, 0.717) is 65.3 Å². The zero-order valence-electron chi connectivity index (χ0n) is 18.4. The van der Waals surface area contributed by atoms with Crippen LogP contribution in [0.25, 0.3) is 22.6 Å². The Morgan fingerprint density at radius 3 is 2.56 bits per heavy atom. The van der Waals surface area contributed by atoms with Gasteiger partial charge in [0.1, 0.15) is 12.1 Å². The van der Waals surface area contributed by atoms with Gasteiger partial charge in [-0.2, -0.15) is 5.26 Å². The largest absolute Gasteiger partial charge is 0.465 e. The summed E-state index contributed by atoms with van der Waals surface area (Å²) in [6.07, 6.45) is 0.0213. The van der Waals surface area contributed by atoms with E-state index in [1.807, 2.05) is 6.07 Å². The molecule has 0 saturated carbocycles. The number of aromatic nitrogens is 1. The van der Waals surface area contributed by atoms with Crippen molar-refractivity contribution in [2.45, 2.75) is 25.9 Å². The number of oxazole rings is 1. The second kappa shape index (κ2) is 9.72. The van der Waals surface area contributed by atoms with Gasteiger partial charge in [-0.3, -0.25) is 9.59 Å². The maximum absolute atomic E-state index is 12.2.